The molecule has 1 rings (SSSR count). The molecular formula is C12H15NO. The van der Waals surface area contributed by atoms with E-state index < -0.39 is 0 Å². The van der Waals surface area contributed by atoms with Crippen LogP contribution in [0.3, 0.4) is 0 Å². The van der Waals surface area contributed by atoms with E-state index in [9.17, 15) is 0 Å². The second kappa shape index (κ2) is 5.25. The van der Waals surface area contributed by atoms with Crippen LogP contribution in [0, 0.1) is 0 Å². The molecule has 0 saturated carbocycles. The van der Waals surface area contributed by atoms with Crippen molar-refractivity contribution in [2.24, 2.45) is 5.73 Å². The fourth-order valence-corrected chi connectivity index (χ4v) is 1.24. The summed E-state index contributed by atoms with van der Waals surface area (Å²) in [5.41, 5.74) is 7.02. The Labute approximate surface area is 84.7 Å². The summed E-state index contributed by atoms with van der Waals surface area (Å²) in [7, 11) is 0. The van der Waals surface area contributed by atoms with Crippen molar-refractivity contribution in [1.82, 2.24) is 0 Å². The average Bonchev–Trinajstić information content (AvgIpc) is 2.26. The first kappa shape index (κ1) is 10.5. The maximum Gasteiger partial charge on any atom is 0.120 e. The van der Waals surface area contributed by atoms with E-state index in [2.05, 4.69) is 6.58 Å². The van der Waals surface area contributed by atoms with E-state index in [0.29, 0.717) is 5.76 Å². The molecule has 0 bridgehead atoms. The van der Waals surface area contributed by atoms with Crippen LogP contribution in [-0.2, 0) is 4.74 Å². The minimum Gasteiger partial charge on any atom is -0.468 e. The normalized spacial score (nSPS) is 13.4. The van der Waals surface area contributed by atoms with Gasteiger partial charge in [-0.3, -0.25) is 0 Å². The number of ether oxygens (including phenoxy) is 1. The number of hydrogen-bond acceptors (Lipinski definition) is 2. The van der Waals surface area contributed by atoms with Crippen molar-refractivity contribution in [2.75, 3.05) is 0 Å². The molecule has 0 heterocycles. The maximum atomic E-state index is 5.99. The number of benzene rings is 1. The first-order chi connectivity index (χ1) is 6.79. The first-order valence-electron chi connectivity index (χ1n) is 4.54. The van der Waals surface area contributed by atoms with Crippen LogP contribution in [-0.4, -0.2) is 0 Å². The largest absolute Gasteiger partial charge is 0.468 e. The van der Waals surface area contributed by atoms with E-state index in [0.717, 1.165) is 5.56 Å². The lowest BCUT2D eigenvalue weighted by molar-refractivity contribution is 0.319. The van der Waals surface area contributed by atoms with Gasteiger partial charge in [-0.1, -0.05) is 36.9 Å². The fraction of sp³-hybridized carbons (Fsp3) is 0.167. The van der Waals surface area contributed by atoms with Gasteiger partial charge in [0.2, 0.25) is 0 Å². The summed E-state index contributed by atoms with van der Waals surface area (Å²) in [6.07, 6.45) is 3.23. The third-order valence-electron chi connectivity index (χ3n) is 1.97. The lowest BCUT2D eigenvalue weighted by atomic mass is 10.1. The number of hydrogen-bond donors (Lipinski definition) is 1. The number of allylic oxidation sites excluding steroid dienone is 1. The van der Waals surface area contributed by atoms with Crippen molar-refractivity contribution in [3.05, 3.63) is 60.6 Å². The van der Waals surface area contributed by atoms with Gasteiger partial charge in [0.05, 0.1) is 12.3 Å². The number of rotatable bonds is 4. The standard InChI is InChI=1S/C12H15NO/c1-3-11(14-4-2)12(13)10-8-6-5-7-9-10/h3-9,12H,2,13H2,1H3/b11-3-. The molecule has 0 aliphatic rings. The molecule has 74 valence electrons. The van der Waals surface area contributed by atoms with E-state index in [1.54, 1.807) is 0 Å². The van der Waals surface area contributed by atoms with Crippen molar-refractivity contribution < 1.29 is 4.74 Å². The van der Waals surface area contributed by atoms with Crippen LogP contribution >= 0.6 is 0 Å². The Morgan fingerprint density at radius 1 is 1.43 bits per heavy atom. The molecule has 0 spiro atoms. The SMILES string of the molecule is C=CO/C(=C\C)C(N)c1ccccc1. The molecule has 0 aliphatic heterocycles. The first-order valence-corrected chi connectivity index (χ1v) is 4.54. The fourth-order valence-electron chi connectivity index (χ4n) is 1.24. The summed E-state index contributed by atoms with van der Waals surface area (Å²) in [5, 5.41) is 0. The maximum absolute atomic E-state index is 5.99. The molecule has 0 fully saturated rings. The third kappa shape index (κ3) is 2.47. The molecule has 2 N–H and O–H groups in total. The zero-order chi connectivity index (χ0) is 10.4. The molecule has 1 unspecified atom stereocenters. The van der Waals surface area contributed by atoms with Gasteiger partial charge in [-0.15, -0.1) is 0 Å². The van der Waals surface area contributed by atoms with Crippen LogP contribution in [0.15, 0.2) is 55.0 Å². The van der Waals surface area contributed by atoms with Gasteiger partial charge >= 0.3 is 0 Å². The van der Waals surface area contributed by atoms with Crippen molar-refractivity contribution >= 4 is 0 Å². The summed E-state index contributed by atoms with van der Waals surface area (Å²) in [6, 6.07) is 9.59. The van der Waals surface area contributed by atoms with Crippen LogP contribution in [0.5, 0.6) is 0 Å². The van der Waals surface area contributed by atoms with Gasteiger partial charge < -0.3 is 10.5 Å². The van der Waals surface area contributed by atoms with Gasteiger partial charge in [-0.05, 0) is 18.6 Å². The molecule has 0 aliphatic carbocycles. The van der Waals surface area contributed by atoms with Gasteiger partial charge in [0.1, 0.15) is 5.76 Å². The van der Waals surface area contributed by atoms with Gasteiger partial charge in [0.15, 0.2) is 0 Å². The van der Waals surface area contributed by atoms with Crippen LogP contribution in [0.2, 0.25) is 0 Å². The molecule has 0 saturated heterocycles. The predicted molar refractivity (Wildman–Crippen MR) is 58.4 cm³/mol. The van der Waals surface area contributed by atoms with E-state index in [1.165, 1.54) is 6.26 Å². The molecule has 1 aromatic carbocycles. The molecule has 1 atom stereocenters. The summed E-state index contributed by atoms with van der Waals surface area (Å²) < 4.78 is 5.21. The smallest absolute Gasteiger partial charge is 0.120 e. The zero-order valence-corrected chi connectivity index (χ0v) is 8.31. The van der Waals surface area contributed by atoms with Crippen molar-refractivity contribution in [3.8, 4) is 0 Å². The average molecular weight is 189 g/mol. The molecule has 0 radical (unpaired) electrons. The second-order valence-electron chi connectivity index (χ2n) is 2.86. The summed E-state index contributed by atoms with van der Waals surface area (Å²) in [6.45, 7) is 5.40. The lowest BCUT2D eigenvalue weighted by Crippen LogP contribution is -2.13. The Morgan fingerprint density at radius 3 is 2.57 bits per heavy atom. The second-order valence-corrected chi connectivity index (χ2v) is 2.86. The van der Waals surface area contributed by atoms with Crippen LogP contribution in [0.1, 0.15) is 18.5 Å². The van der Waals surface area contributed by atoms with Gasteiger partial charge in [-0.25, -0.2) is 0 Å². The lowest BCUT2D eigenvalue weighted by Gasteiger charge is -2.14. The van der Waals surface area contributed by atoms with Crippen molar-refractivity contribution in [2.45, 2.75) is 13.0 Å². The number of nitrogens with two attached hydrogens (primary N) is 1. The van der Waals surface area contributed by atoms with Gasteiger partial charge in [-0.2, -0.15) is 0 Å². The highest BCUT2D eigenvalue weighted by atomic mass is 16.5. The van der Waals surface area contributed by atoms with E-state index in [1.807, 2.05) is 43.3 Å². The van der Waals surface area contributed by atoms with Crippen LogP contribution in [0.25, 0.3) is 0 Å². The van der Waals surface area contributed by atoms with Gasteiger partial charge in [0.25, 0.3) is 0 Å². The van der Waals surface area contributed by atoms with E-state index in [-0.39, 0.29) is 6.04 Å². The monoisotopic (exact) mass is 189 g/mol. The molecule has 2 nitrogen and oxygen atoms in total. The molecular weight excluding hydrogens is 174 g/mol. The van der Waals surface area contributed by atoms with Crippen molar-refractivity contribution in [1.29, 1.82) is 0 Å². The van der Waals surface area contributed by atoms with Crippen LogP contribution < -0.4 is 5.73 Å². The highest BCUT2D eigenvalue weighted by Crippen LogP contribution is 2.19. The molecule has 0 amide bonds. The predicted octanol–water partition coefficient (Wildman–Crippen LogP) is 2.75. The quantitative estimate of drug-likeness (QED) is 0.739. The van der Waals surface area contributed by atoms with Gasteiger partial charge in [0, 0.05) is 0 Å². The topological polar surface area (TPSA) is 35.2 Å². The highest BCUT2D eigenvalue weighted by molar-refractivity contribution is 5.25. The minimum absolute atomic E-state index is 0.223. The Kier molecular flexibility index (Phi) is 3.95. The Morgan fingerprint density at radius 2 is 2.07 bits per heavy atom. The molecule has 2 heteroatoms. The summed E-state index contributed by atoms with van der Waals surface area (Å²) >= 11 is 0. The third-order valence-corrected chi connectivity index (χ3v) is 1.97. The molecule has 14 heavy (non-hydrogen) atoms. The summed E-state index contributed by atoms with van der Waals surface area (Å²) in [5.74, 6) is 0.714. The molecule has 1 aromatic rings. The van der Waals surface area contributed by atoms with Crippen LogP contribution in [0.4, 0.5) is 0 Å². The van der Waals surface area contributed by atoms with E-state index >= 15 is 0 Å². The van der Waals surface area contributed by atoms with Crippen molar-refractivity contribution in [3.63, 3.8) is 0 Å². The van der Waals surface area contributed by atoms with E-state index in [4.69, 9.17) is 10.5 Å². The summed E-state index contributed by atoms with van der Waals surface area (Å²) in [4.78, 5) is 0. The minimum atomic E-state index is -0.223. The zero-order valence-electron chi connectivity index (χ0n) is 8.31. The Hall–Kier alpha value is -1.54. The highest BCUT2D eigenvalue weighted by Gasteiger charge is 2.10. The molecule has 0 aromatic heterocycles. The Bertz CT molecular complexity index is 316. The Balaban J connectivity index is 2.83.